The van der Waals surface area contributed by atoms with Gasteiger partial charge < -0.3 is 69.3 Å². The summed E-state index contributed by atoms with van der Waals surface area (Å²) in [4.78, 5) is 71.3. The Labute approximate surface area is 818 Å². The first-order valence-corrected chi connectivity index (χ1v) is 55.8. The van der Waals surface area contributed by atoms with E-state index in [2.05, 4.69) is 48.5 Å². The van der Waals surface area contributed by atoms with Crippen LogP contribution in [0.4, 0.5) is 0 Å². The van der Waals surface area contributed by atoms with Crippen LogP contribution in [0.1, 0.15) is 678 Å². The number of hydrogen-bond donors (Lipinski definition) is 0. The number of carbonyl (C=O) groups is 7. The maximum absolute atomic E-state index is 10.2. The fourth-order valence-electron chi connectivity index (χ4n) is 16.0. The van der Waals surface area contributed by atoms with Gasteiger partial charge in [0.2, 0.25) is 0 Å². The number of carboxylic acids is 7. The van der Waals surface area contributed by atoms with Crippen molar-refractivity contribution in [1.29, 1.82) is 0 Å². The standard InChI is InChI=1S/7C16H32O2.B.Zr/c7*1-2-3-4-5-6-7-8-9-10-11-12-13-14-15-16(17)18;;/h7*2-15H2,1H3,(H,17,18);;/q;;;;;;;+3;+4/p-7. The molecule has 0 aliphatic heterocycles. The molecule has 128 heavy (non-hydrogen) atoms. The van der Waals surface area contributed by atoms with E-state index < -0.39 is 41.8 Å². The number of carboxylic acid groups (broad SMARTS) is 7. The van der Waals surface area contributed by atoms with Crippen molar-refractivity contribution in [3.63, 3.8) is 0 Å². The van der Waals surface area contributed by atoms with Crippen molar-refractivity contribution >= 4 is 50.2 Å². The van der Waals surface area contributed by atoms with Crippen LogP contribution < -0.4 is 35.7 Å². The Morgan fingerprint density at radius 1 is 0.109 bits per heavy atom. The summed E-state index contributed by atoms with van der Waals surface area (Å²) >= 11 is 0. The number of unbranched alkanes of at least 4 members (excludes halogenated alkanes) is 84. The Morgan fingerprint density at radius 3 is 0.203 bits per heavy atom. The van der Waals surface area contributed by atoms with Crippen molar-refractivity contribution < 1.29 is 95.5 Å². The Kier molecular flexibility index (Phi) is 156. The molecule has 0 aliphatic rings. The van der Waals surface area contributed by atoms with Gasteiger partial charge in [0.25, 0.3) is 0 Å². The van der Waals surface area contributed by atoms with E-state index in [0.29, 0.717) is 0 Å². The summed E-state index contributed by atoms with van der Waals surface area (Å²) in [7, 11) is 0. The van der Waals surface area contributed by atoms with Gasteiger partial charge in [-0.05, 0) is 89.9 Å². The van der Waals surface area contributed by atoms with Crippen molar-refractivity contribution in [3.05, 3.63) is 0 Å². The largest absolute Gasteiger partial charge is 4.00 e. The summed E-state index contributed by atoms with van der Waals surface area (Å²) in [6, 6.07) is 0. The number of hydrogen-bond acceptors (Lipinski definition) is 14. The molecule has 0 saturated carbocycles. The Balaban J connectivity index is -0.000000184. The molecule has 0 aliphatic carbocycles. The molecule has 0 radical (unpaired) electrons. The van der Waals surface area contributed by atoms with Crippen molar-refractivity contribution in [1.82, 2.24) is 0 Å². The first-order valence-electron chi connectivity index (χ1n) is 55.8. The molecule has 0 unspecified atom stereocenters. The number of carbonyl (C=O) groups excluding carboxylic acids is 7. The van der Waals surface area contributed by atoms with E-state index in [1.165, 1.54) is 494 Å². The first-order chi connectivity index (χ1) is 61.4. The fourth-order valence-corrected chi connectivity index (χ4v) is 16.0. The summed E-state index contributed by atoms with van der Waals surface area (Å²) in [6.07, 6.45) is 119. The quantitative estimate of drug-likeness (QED) is 0.0404. The first kappa shape index (κ1) is 143. The zero-order valence-electron chi connectivity index (χ0n) is 86.6. The topological polar surface area (TPSA) is 281 Å². The number of aliphatic carboxylic acids is 7. The molecule has 0 aromatic rings. The van der Waals surface area contributed by atoms with Crippen LogP contribution in [0.15, 0.2) is 0 Å². The van der Waals surface area contributed by atoms with Gasteiger partial charge in [0.15, 0.2) is 0 Å². The molecule has 0 bridgehead atoms. The summed E-state index contributed by atoms with van der Waals surface area (Å²) in [5.74, 6) is -6.33. The molecule has 0 amide bonds. The summed E-state index contributed by atoms with van der Waals surface area (Å²) < 4.78 is 0. The molecule has 0 aromatic carbocycles. The fraction of sp³-hybridized carbons (Fsp3) is 0.938. The van der Waals surface area contributed by atoms with Crippen LogP contribution in [-0.4, -0.2) is 50.2 Å². The van der Waals surface area contributed by atoms with Crippen molar-refractivity contribution in [2.45, 2.75) is 678 Å². The zero-order valence-corrected chi connectivity index (χ0v) is 89.0. The summed E-state index contributed by atoms with van der Waals surface area (Å²) in [5, 5.41) is 71.3. The van der Waals surface area contributed by atoms with Gasteiger partial charge in [0, 0.05) is 41.8 Å². The smallest absolute Gasteiger partial charge is 0.550 e. The van der Waals surface area contributed by atoms with E-state index in [-0.39, 0.29) is 79.6 Å². The molecule has 0 saturated heterocycles. The van der Waals surface area contributed by atoms with E-state index in [9.17, 15) is 69.3 Å². The van der Waals surface area contributed by atoms with Crippen LogP contribution in [0.25, 0.3) is 0 Å². The van der Waals surface area contributed by atoms with Crippen molar-refractivity contribution in [3.8, 4) is 0 Å². The third-order valence-electron chi connectivity index (χ3n) is 24.4. The minimum absolute atomic E-state index is 0. The molecule has 0 heterocycles. The second kappa shape index (κ2) is 140. The van der Waals surface area contributed by atoms with Gasteiger partial charge in [-0.15, -0.1) is 0 Å². The van der Waals surface area contributed by atoms with Gasteiger partial charge >= 0.3 is 34.6 Å². The molecule has 14 nitrogen and oxygen atoms in total. The molecule has 0 aromatic heterocycles. The maximum atomic E-state index is 10.2. The predicted octanol–water partition coefficient (Wildman–Crippen LogP) is 29.1. The monoisotopic (exact) mass is 1890 g/mol. The molecule has 0 fully saturated rings. The van der Waals surface area contributed by atoms with Gasteiger partial charge in [0.05, 0.1) is 0 Å². The predicted molar refractivity (Wildman–Crippen MR) is 533 cm³/mol. The van der Waals surface area contributed by atoms with Crippen LogP contribution in [-0.2, 0) is 59.8 Å². The zero-order chi connectivity index (χ0) is 94.3. The molecule has 0 rings (SSSR count). The van der Waals surface area contributed by atoms with E-state index in [4.69, 9.17) is 0 Å². The second-order valence-electron chi connectivity index (χ2n) is 37.6. The minimum Gasteiger partial charge on any atom is -0.550 e. The molecule has 0 atom stereocenters. The van der Waals surface area contributed by atoms with E-state index in [1.807, 2.05) is 0 Å². The summed E-state index contributed by atoms with van der Waals surface area (Å²) in [5.41, 5.74) is 0. The average Bonchev–Trinajstić information content (AvgIpc) is 1.13. The van der Waals surface area contributed by atoms with Crippen molar-refractivity contribution in [2.75, 3.05) is 0 Å². The van der Waals surface area contributed by atoms with E-state index in [1.54, 1.807) is 0 Å². The van der Waals surface area contributed by atoms with Gasteiger partial charge in [-0.1, -0.05) is 588 Å². The van der Waals surface area contributed by atoms with E-state index >= 15 is 0 Å². The van der Waals surface area contributed by atoms with Gasteiger partial charge in [-0.25, -0.2) is 0 Å². The average molecular weight is 1890 g/mol. The third-order valence-corrected chi connectivity index (χ3v) is 24.4. The van der Waals surface area contributed by atoms with Crippen molar-refractivity contribution in [2.24, 2.45) is 0 Å². The molecule has 756 valence electrons. The Hall–Kier alpha value is -2.76. The molecule has 0 spiro atoms. The molecular weight excluding hydrogens is 1670 g/mol. The van der Waals surface area contributed by atoms with Crippen LogP contribution in [0.3, 0.4) is 0 Å². The SMILES string of the molecule is CCCCCCCCCCCCCCCC(=O)[O-].CCCCCCCCCCCCCCCC(=O)[O-].CCCCCCCCCCCCCCCC(=O)[O-].CCCCCCCCCCCCCCCC(=O)[O-].CCCCCCCCCCCCCCCC(=O)[O-].CCCCCCCCCCCCCCCC(=O)[O-].CCCCCCCCCCCCCCCC(=O)[O-].[B+3].[Zr+4]. The van der Waals surface area contributed by atoms with Gasteiger partial charge in [0.1, 0.15) is 0 Å². The summed E-state index contributed by atoms with van der Waals surface area (Å²) in [6.45, 7) is 15.8. The van der Waals surface area contributed by atoms with Crippen LogP contribution in [0.2, 0.25) is 0 Å². The van der Waals surface area contributed by atoms with Gasteiger partial charge in [-0.2, -0.15) is 0 Å². The third kappa shape index (κ3) is 176. The molecular formula is C112H217BO14Zr. The number of rotatable bonds is 98. The Bertz CT molecular complexity index is 1660. The van der Waals surface area contributed by atoms with Crippen LogP contribution in [0, 0.1) is 0 Å². The van der Waals surface area contributed by atoms with Gasteiger partial charge in [-0.3, -0.25) is 0 Å². The minimum atomic E-state index is -0.905. The second-order valence-corrected chi connectivity index (χ2v) is 37.6. The van der Waals surface area contributed by atoms with E-state index in [0.717, 1.165) is 89.9 Å². The normalized spacial score (nSPS) is 10.6. The molecule has 0 N–H and O–H groups in total. The Morgan fingerprint density at radius 2 is 0.156 bits per heavy atom. The van der Waals surface area contributed by atoms with Crippen LogP contribution in [0.5, 0.6) is 0 Å². The van der Waals surface area contributed by atoms with Crippen LogP contribution >= 0.6 is 0 Å². The molecule has 16 heteroatoms. The maximum Gasteiger partial charge on any atom is 4.00 e.